The molecule has 0 aliphatic carbocycles. The van der Waals surface area contributed by atoms with Gasteiger partial charge in [0.1, 0.15) is 0 Å². The quantitative estimate of drug-likeness (QED) is 0.327. The fourth-order valence-electron chi connectivity index (χ4n) is 2.28. The van der Waals surface area contributed by atoms with Gasteiger partial charge in [0, 0.05) is 17.7 Å². The van der Waals surface area contributed by atoms with Crippen molar-refractivity contribution in [2.45, 2.75) is 26.2 Å². The number of Topliss-reactive ketones (excluding diaryl/α,β-unsaturated/α-hetero) is 1. The zero-order chi connectivity index (χ0) is 18.4. The lowest BCUT2D eigenvalue weighted by atomic mass is 9.97. The van der Waals surface area contributed by atoms with Crippen LogP contribution in [0.25, 0.3) is 0 Å². The maximum absolute atomic E-state index is 12.1. The molecular weight excluding hydrogens is 322 g/mol. The number of nitro groups is 1. The number of benzene rings is 2. The second-order valence-electron chi connectivity index (χ2n) is 5.74. The van der Waals surface area contributed by atoms with Crippen molar-refractivity contribution in [3.63, 3.8) is 0 Å². The molecule has 6 heteroatoms. The van der Waals surface area contributed by atoms with Gasteiger partial charge in [-0.15, -0.1) is 0 Å². The van der Waals surface area contributed by atoms with Crippen LogP contribution >= 0.6 is 0 Å². The van der Waals surface area contributed by atoms with Crippen molar-refractivity contribution in [3.8, 4) is 0 Å². The van der Waals surface area contributed by atoms with Crippen molar-refractivity contribution in [1.29, 1.82) is 0 Å². The average Bonchev–Trinajstić information content (AvgIpc) is 2.65. The number of ketones is 1. The number of rotatable bonds is 7. The minimum Gasteiger partial charge on any atom is -0.454 e. The number of esters is 1. The predicted octanol–water partition coefficient (Wildman–Crippen LogP) is 4.15. The Bertz CT molecular complexity index is 783. The topological polar surface area (TPSA) is 86.5 Å². The van der Waals surface area contributed by atoms with Gasteiger partial charge in [0.15, 0.2) is 12.4 Å². The van der Waals surface area contributed by atoms with Crippen LogP contribution in [0.1, 0.15) is 52.5 Å². The van der Waals surface area contributed by atoms with Gasteiger partial charge in [0.2, 0.25) is 0 Å². The molecule has 0 aromatic heterocycles. The Morgan fingerprint density at radius 2 is 1.80 bits per heavy atom. The fraction of sp³-hybridized carbons (Fsp3) is 0.263. The lowest BCUT2D eigenvalue weighted by Crippen LogP contribution is -2.14. The maximum Gasteiger partial charge on any atom is 0.338 e. The summed E-state index contributed by atoms with van der Waals surface area (Å²) in [7, 11) is 0. The minimum absolute atomic E-state index is 0.0362. The number of nitrogens with zero attached hydrogens (tertiary/aromatic N) is 1. The molecule has 130 valence electrons. The number of hydrogen-bond donors (Lipinski definition) is 0. The van der Waals surface area contributed by atoms with Crippen LogP contribution in [0.15, 0.2) is 48.5 Å². The summed E-state index contributed by atoms with van der Waals surface area (Å²) in [5.74, 6) is -0.682. The normalized spacial score (nSPS) is 11.6. The first-order chi connectivity index (χ1) is 11.9. The highest BCUT2D eigenvalue weighted by Gasteiger charge is 2.15. The summed E-state index contributed by atoms with van der Waals surface area (Å²) in [4.78, 5) is 34.2. The van der Waals surface area contributed by atoms with Crippen LogP contribution in [0.3, 0.4) is 0 Å². The summed E-state index contributed by atoms with van der Waals surface area (Å²) >= 11 is 0. The molecule has 0 spiro atoms. The number of carbonyl (C=O) groups excluding carboxylic acids is 2. The Hall–Kier alpha value is -3.02. The summed E-state index contributed by atoms with van der Waals surface area (Å²) in [6.45, 7) is 3.79. The van der Waals surface area contributed by atoms with Crippen LogP contribution in [0.4, 0.5) is 5.69 Å². The van der Waals surface area contributed by atoms with Crippen molar-refractivity contribution < 1.29 is 19.2 Å². The summed E-state index contributed by atoms with van der Waals surface area (Å²) in [5, 5.41) is 10.7. The Balaban J connectivity index is 1.98. The largest absolute Gasteiger partial charge is 0.454 e. The molecule has 0 amide bonds. The Morgan fingerprint density at radius 3 is 2.40 bits per heavy atom. The van der Waals surface area contributed by atoms with E-state index in [1.807, 2.05) is 12.1 Å². The monoisotopic (exact) mass is 341 g/mol. The van der Waals surface area contributed by atoms with Gasteiger partial charge in [-0.2, -0.15) is 0 Å². The number of ether oxygens (including phenoxy) is 1. The van der Waals surface area contributed by atoms with E-state index in [4.69, 9.17) is 4.74 Å². The van der Waals surface area contributed by atoms with E-state index in [1.54, 1.807) is 12.1 Å². The molecule has 0 N–H and O–H groups in total. The van der Waals surface area contributed by atoms with Crippen LogP contribution in [0.5, 0.6) is 0 Å². The molecule has 0 heterocycles. The van der Waals surface area contributed by atoms with Gasteiger partial charge in [-0.3, -0.25) is 14.9 Å². The summed E-state index contributed by atoms with van der Waals surface area (Å²) in [6.07, 6.45) is 1.01. The first-order valence-electron chi connectivity index (χ1n) is 7.97. The Labute approximate surface area is 145 Å². The second-order valence-corrected chi connectivity index (χ2v) is 5.74. The van der Waals surface area contributed by atoms with Crippen molar-refractivity contribution in [3.05, 3.63) is 75.3 Å². The van der Waals surface area contributed by atoms with E-state index in [9.17, 15) is 19.7 Å². The SMILES string of the molecule is CC[C@@H](C)c1ccc(C(=O)COC(=O)c2cccc([N+](=O)[O-])c2)cc1. The lowest BCUT2D eigenvalue weighted by molar-refractivity contribution is -0.384. The zero-order valence-electron chi connectivity index (χ0n) is 14.1. The molecule has 2 aromatic rings. The van der Waals surface area contributed by atoms with Crippen LogP contribution in [0.2, 0.25) is 0 Å². The van der Waals surface area contributed by atoms with Gasteiger partial charge in [0.05, 0.1) is 10.5 Å². The standard InChI is InChI=1S/C19H19NO5/c1-3-13(2)14-7-9-15(10-8-14)18(21)12-25-19(22)16-5-4-6-17(11-16)20(23)24/h4-11,13H,3,12H2,1-2H3/t13-/m1/s1. The Kier molecular flexibility index (Phi) is 6.00. The van der Waals surface area contributed by atoms with Crippen LogP contribution in [-0.2, 0) is 4.74 Å². The van der Waals surface area contributed by atoms with Crippen molar-refractivity contribution in [1.82, 2.24) is 0 Å². The third-order valence-corrected chi connectivity index (χ3v) is 4.04. The highest BCUT2D eigenvalue weighted by molar-refractivity contribution is 5.99. The van der Waals surface area contributed by atoms with E-state index >= 15 is 0 Å². The van der Waals surface area contributed by atoms with E-state index in [0.29, 0.717) is 11.5 Å². The highest BCUT2D eigenvalue weighted by Crippen LogP contribution is 2.19. The number of nitro benzene ring substituents is 1. The molecule has 0 aliphatic heterocycles. The molecule has 0 unspecified atom stereocenters. The van der Waals surface area contributed by atoms with Gasteiger partial charge in [0.25, 0.3) is 5.69 Å². The molecular formula is C19H19NO5. The van der Waals surface area contributed by atoms with Gasteiger partial charge in [-0.1, -0.05) is 44.2 Å². The summed E-state index contributed by atoms with van der Waals surface area (Å²) in [6, 6.07) is 12.4. The van der Waals surface area contributed by atoms with Gasteiger partial charge < -0.3 is 4.74 Å². The fourth-order valence-corrected chi connectivity index (χ4v) is 2.28. The molecule has 2 aromatic carbocycles. The predicted molar refractivity (Wildman–Crippen MR) is 92.9 cm³/mol. The summed E-state index contributed by atoms with van der Waals surface area (Å²) < 4.78 is 4.97. The number of carbonyl (C=O) groups is 2. The third kappa shape index (κ3) is 4.73. The molecule has 0 saturated heterocycles. The highest BCUT2D eigenvalue weighted by atomic mass is 16.6. The molecule has 0 fully saturated rings. The second kappa shape index (κ2) is 8.19. The lowest BCUT2D eigenvalue weighted by Gasteiger charge is -2.09. The molecule has 25 heavy (non-hydrogen) atoms. The molecule has 6 nitrogen and oxygen atoms in total. The van der Waals surface area contributed by atoms with Crippen LogP contribution < -0.4 is 0 Å². The Morgan fingerprint density at radius 1 is 1.12 bits per heavy atom. The molecule has 1 atom stereocenters. The maximum atomic E-state index is 12.1. The van der Waals surface area contributed by atoms with Crippen LogP contribution in [0, 0.1) is 10.1 Å². The van der Waals surface area contributed by atoms with Crippen molar-refractivity contribution in [2.75, 3.05) is 6.61 Å². The van der Waals surface area contributed by atoms with E-state index < -0.39 is 17.5 Å². The molecule has 0 bridgehead atoms. The third-order valence-electron chi connectivity index (χ3n) is 4.04. The van der Waals surface area contributed by atoms with E-state index in [-0.39, 0.29) is 17.0 Å². The first kappa shape index (κ1) is 18.3. The summed E-state index contributed by atoms with van der Waals surface area (Å²) in [5.41, 5.74) is 1.43. The van der Waals surface area contributed by atoms with Gasteiger partial charge in [-0.05, 0) is 24.0 Å². The van der Waals surface area contributed by atoms with E-state index in [2.05, 4.69) is 13.8 Å². The molecule has 0 radical (unpaired) electrons. The average molecular weight is 341 g/mol. The minimum atomic E-state index is -0.770. The number of hydrogen-bond acceptors (Lipinski definition) is 5. The van der Waals surface area contributed by atoms with E-state index in [1.165, 1.54) is 18.2 Å². The zero-order valence-corrected chi connectivity index (χ0v) is 14.1. The van der Waals surface area contributed by atoms with Crippen molar-refractivity contribution >= 4 is 17.4 Å². The molecule has 2 rings (SSSR count). The molecule has 0 aliphatic rings. The number of non-ortho nitro benzene ring substituents is 1. The molecule has 0 saturated carbocycles. The van der Waals surface area contributed by atoms with E-state index in [0.717, 1.165) is 18.1 Å². The van der Waals surface area contributed by atoms with Crippen molar-refractivity contribution in [2.24, 2.45) is 0 Å². The van der Waals surface area contributed by atoms with Crippen LogP contribution in [-0.4, -0.2) is 23.3 Å². The van der Waals surface area contributed by atoms with Gasteiger partial charge >= 0.3 is 5.97 Å². The smallest absolute Gasteiger partial charge is 0.338 e. The first-order valence-corrected chi connectivity index (χ1v) is 7.97. The van der Waals surface area contributed by atoms with Gasteiger partial charge in [-0.25, -0.2) is 4.79 Å².